The van der Waals surface area contributed by atoms with Gasteiger partial charge in [-0.2, -0.15) is 12.8 Å². The van der Waals surface area contributed by atoms with E-state index in [1.54, 1.807) is 0 Å². The number of hydrogen-bond acceptors (Lipinski definition) is 6. The number of nitrogens with zero attached hydrogens (tertiary/aromatic N) is 2. The Morgan fingerprint density at radius 3 is 2.58 bits per heavy atom. The Morgan fingerprint density at radius 2 is 2.00 bits per heavy atom. The zero-order valence-corrected chi connectivity index (χ0v) is 10.2. The van der Waals surface area contributed by atoms with Crippen molar-refractivity contribution in [3.63, 3.8) is 0 Å². The molecule has 0 atom stereocenters. The van der Waals surface area contributed by atoms with Crippen molar-refractivity contribution in [3.05, 3.63) is 36.5 Å². The largest absolute Gasteiger partial charge is 0.398 e. The van der Waals surface area contributed by atoms with E-state index in [0.29, 0.717) is 5.69 Å². The van der Waals surface area contributed by atoms with Gasteiger partial charge in [-0.25, -0.2) is 9.97 Å². The fourth-order valence-electron chi connectivity index (χ4n) is 1.41. The van der Waals surface area contributed by atoms with Crippen LogP contribution >= 0.6 is 0 Å². The number of nitrogens with one attached hydrogen (secondary N) is 1. The molecule has 0 bridgehead atoms. The standard InChI is InChI=1S/C10H9FN4O3S/c11-9-4-10(14-5-13-9)15-6-1-2-8(7(12)3-6)19(16,17)18/h1-5H,12H2,(H,13,14,15)(H,16,17,18). The van der Waals surface area contributed by atoms with Gasteiger partial charge in [-0.05, 0) is 18.2 Å². The second kappa shape index (κ2) is 4.78. The van der Waals surface area contributed by atoms with Crippen LogP contribution in [0.1, 0.15) is 0 Å². The van der Waals surface area contributed by atoms with E-state index in [2.05, 4.69) is 15.3 Å². The van der Waals surface area contributed by atoms with Crippen LogP contribution in [0.3, 0.4) is 0 Å². The van der Waals surface area contributed by atoms with E-state index < -0.39 is 21.0 Å². The van der Waals surface area contributed by atoms with Crippen LogP contribution in [0.15, 0.2) is 35.5 Å². The lowest BCUT2D eigenvalue weighted by Crippen LogP contribution is -2.04. The van der Waals surface area contributed by atoms with Gasteiger partial charge in [0.1, 0.15) is 17.0 Å². The van der Waals surface area contributed by atoms with Crippen molar-refractivity contribution in [1.29, 1.82) is 0 Å². The quantitative estimate of drug-likeness (QED) is 0.440. The number of nitrogen functional groups attached to an aromatic ring is 1. The van der Waals surface area contributed by atoms with Gasteiger partial charge in [-0.15, -0.1) is 0 Å². The summed E-state index contributed by atoms with van der Waals surface area (Å²) in [6, 6.07) is 4.83. The van der Waals surface area contributed by atoms with Gasteiger partial charge in [-0.1, -0.05) is 0 Å². The van der Waals surface area contributed by atoms with Crippen molar-refractivity contribution in [2.75, 3.05) is 11.1 Å². The zero-order valence-electron chi connectivity index (χ0n) is 9.41. The first-order chi connectivity index (χ1) is 8.86. The molecule has 0 unspecified atom stereocenters. The lowest BCUT2D eigenvalue weighted by Gasteiger charge is -2.08. The van der Waals surface area contributed by atoms with Crippen LogP contribution in [-0.4, -0.2) is 22.9 Å². The summed E-state index contributed by atoms with van der Waals surface area (Å²) in [6.07, 6.45) is 1.04. The Balaban J connectivity index is 2.31. The number of benzene rings is 1. The fraction of sp³-hybridized carbons (Fsp3) is 0. The lowest BCUT2D eigenvalue weighted by molar-refractivity contribution is 0.483. The van der Waals surface area contributed by atoms with Crippen molar-refractivity contribution in [2.45, 2.75) is 4.90 Å². The third-order valence-corrected chi connectivity index (χ3v) is 3.12. The van der Waals surface area contributed by atoms with E-state index in [1.807, 2.05) is 0 Å². The molecule has 100 valence electrons. The molecule has 1 aromatic carbocycles. The second-order valence-electron chi connectivity index (χ2n) is 3.58. The smallest absolute Gasteiger partial charge is 0.296 e. The Labute approximate surface area is 108 Å². The molecule has 0 aliphatic heterocycles. The average molecular weight is 284 g/mol. The molecule has 7 nitrogen and oxygen atoms in total. The van der Waals surface area contributed by atoms with Crippen molar-refractivity contribution in [3.8, 4) is 0 Å². The van der Waals surface area contributed by atoms with Crippen LogP contribution in [0.5, 0.6) is 0 Å². The summed E-state index contributed by atoms with van der Waals surface area (Å²) in [5.74, 6) is -0.522. The molecule has 0 saturated carbocycles. The first-order valence-electron chi connectivity index (χ1n) is 4.98. The van der Waals surface area contributed by atoms with E-state index >= 15 is 0 Å². The van der Waals surface area contributed by atoms with Gasteiger partial charge in [0.2, 0.25) is 5.95 Å². The van der Waals surface area contributed by atoms with Crippen molar-refractivity contribution >= 4 is 27.3 Å². The predicted octanol–water partition coefficient (Wildman–Crippen LogP) is 1.19. The number of anilines is 3. The fourth-order valence-corrected chi connectivity index (χ4v) is 2.01. The van der Waals surface area contributed by atoms with Gasteiger partial charge in [0.25, 0.3) is 10.1 Å². The lowest BCUT2D eigenvalue weighted by atomic mass is 10.3. The Morgan fingerprint density at radius 1 is 1.26 bits per heavy atom. The minimum Gasteiger partial charge on any atom is -0.398 e. The van der Waals surface area contributed by atoms with E-state index in [9.17, 15) is 12.8 Å². The molecule has 0 saturated heterocycles. The summed E-state index contributed by atoms with van der Waals surface area (Å²) in [5.41, 5.74) is 5.76. The van der Waals surface area contributed by atoms with Gasteiger partial charge in [0, 0.05) is 11.8 Å². The number of hydrogen-bond donors (Lipinski definition) is 3. The molecule has 1 heterocycles. The van der Waals surface area contributed by atoms with Gasteiger partial charge in [0.15, 0.2) is 0 Å². The van der Waals surface area contributed by atoms with Crippen LogP contribution < -0.4 is 11.1 Å². The van der Waals surface area contributed by atoms with Gasteiger partial charge >= 0.3 is 0 Å². The first kappa shape index (κ1) is 13.2. The number of halogens is 1. The molecule has 0 aliphatic rings. The third kappa shape index (κ3) is 3.14. The monoisotopic (exact) mass is 284 g/mol. The molecule has 0 amide bonds. The van der Waals surface area contributed by atoms with Crippen LogP contribution in [0.25, 0.3) is 0 Å². The van der Waals surface area contributed by atoms with E-state index in [4.69, 9.17) is 10.3 Å². The van der Waals surface area contributed by atoms with E-state index in [-0.39, 0.29) is 11.5 Å². The molecule has 0 spiro atoms. The maximum Gasteiger partial charge on any atom is 0.296 e. The molecule has 19 heavy (non-hydrogen) atoms. The topological polar surface area (TPSA) is 118 Å². The SMILES string of the molecule is Nc1cc(Nc2cc(F)ncn2)ccc1S(=O)(=O)O. The minimum absolute atomic E-state index is 0.137. The van der Waals surface area contributed by atoms with Crippen LogP contribution in [0, 0.1) is 5.95 Å². The highest BCUT2D eigenvalue weighted by Gasteiger charge is 2.14. The van der Waals surface area contributed by atoms with Crippen LogP contribution in [-0.2, 0) is 10.1 Å². The highest BCUT2D eigenvalue weighted by molar-refractivity contribution is 7.86. The number of aromatic nitrogens is 2. The maximum absolute atomic E-state index is 12.8. The van der Waals surface area contributed by atoms with Crippen LogP contribution in [0.4, 0.5) is 21.6 Å². The van der Waals surface area contributed by atoms with Crippen LogP contribution in [0.2, 0.25) is 0 Å². The number of rotatable bonds is 3. The summed E-state index contributed by atoms with van der Waals surface area (Å²) in [6.45, 7) is 0. The predicted molar refractivity (Wildman–Crippen MR) is 65.9 cm³/mol. The normalized spacial score (nSPS) is 11.3. The molecule has 9 heteroatoms. The van der Waals surface area contributed by atoms with Crippen molar-refractivity contribution in [2.24, 2.45) is 0 Å². The number of nitrogens with two attached hydrogens (primary N) is 1. The molecule has 1 aromatic heterocycles. The molecule has 4 N–H and O–H groups in total. The highest BCUT2D eigenvalue weighted by Crippen LogP contribution is 2.24. The first-order valence-corrected chi connectivity index (χ1v) is 6.42. The Bertz CT molecular complexity index is 720. The Kier molecular flexibility index (Phi) is 3.32. The maximum atomic E-state index is 12.8. The summed E-state index contributed by atoms with van der Waals surface area (Å²) < 4.78 is 43.6. The summed E-state index contributed by atoms with van der Waals surface area (Å²) in [7, 11) is -4.37. The van der Waals surface area contributed by atoms with Crippen molar-refractivity contribution in [1.82, 2.24) is 9.97 Å². The third-order valence-electron chi connectivity index (χ3n) is 2.19. The van der Waals surface area contributed by atoms with E-state index in [1.165, 1.54) is 12.1 Å². The molecular formula is C10H9FN4O3S. The molecular weight excluding hydrogens is 275 g/mol. The van der Waals surface area contributed by atoms with Crippen molar-refractivity contribution < 1.29 is 17.4 Å². The zero-order chi connectivity index (χ0) is 14.0. The minimum atomic E-state index is -4.37. The van der Waals surface area contributed by atoms with Gasteiger partial charge in [-0.3, -0.25) is 4.55 Å². The van der Waals surface area contributed by atoms with Gasteiger partial charge in [0.05, 0.1) is 5.69 Å². The summed E-state index contributed by atoms with van der Waals surface area (Å²) in [5, 5.41) is 2.72. The molecule has 2 aromatic rings. The summed E-state index contributed by atoms with van der Waals surface area (Å²) >= 11 is 0. The highest BCUT2D eigenvalue weighted by atomic mass is 32.2. The molecule has 0 aliphatic carbocycles. The van der Waals surface area contributed by atoms with E-state index in [0.717, 1.165) is 18.5 Å². The summed E-state index contributed by atoms with van der Waals surface area (Å²) in [4.78, 5) is 6.66. The average Bonchev–Trinajstić information content (AvgIpc) is 2.27. The molecule has 0 fully saturated rings. The van der Waals surface area contributed by atoms with Gasteiger partial charge < -0.3 is 11.1 Å². The second-order valence-corrected chi connectivity index (χ2v) is 4.97. The molecule has 2 rings (SSSR count). The molecule has 0 radical (unpaired) electrons. The Hall–Kier alpha value is -2.26.